The molecule has 0 saturated heterocycles. The molecule has 1 atom stereocenters. The Hall–Kier alpha value is -2.09. The third-order valence-corrected chi connectivity index (χ3v) is 3.54. The van der Waals surface area contributed by atoms with E-state index in [4.69, 9.17) is 4.74 Å². The molecule has 0 aromatic heterocycles. The molecule has 0 aliphatic rings. The fourth-order valence-electron chi connectivity index (χ4n) is 2.28. The summed E-state index contributed by atoms with van der Waals surface area (Å²) in [5.74, 6) is 0.892. The number of aldehydes is 1. The Kier molecular flexibility index (Phi) is 6.01. The Morgan fingerprint density at radius 1 is 1.00 bits per heavy atom. The van der Waals surface area contributed by atoms with E-state index in [1.54, 1.807) is 0 Å². The lowest BCUT2D eigenvalue weighted by Crippen LogP contribution is -2.03. The van der Waals surface area contributed by atoms with E-state index in [0.29, 0.717) is 6.42 Å². The van der Waals surface area contributed by atoms with Crippen LogP contribution in [-0.4, -0.2) is 6.29 Å². The van der Waals surface area contributed by atoms with Crippen LogP contribution in [0.2, 0.25) is 0 Å². The minimum atomic E-state index is 0.0384. The van der Waals surface area contributed by atoms with Gasteiger partial charge in [-0.25, -0.2) is 0 Å². The van der Waals surface area contributed by atoms with E-state index in [1.165, 1.54) is 11.1 Å². The molecule has 0 aliphatic heterocycles. The maximum Gasteiger partial charge on any atom is 0.121 e. The van der Waals surface area contributed by atoms with Crippen LogP contribution < -0.4 is 4.74 Å². The molecule has 0 bridgehead atoms. The van der Waals surface area contributed by atoms with Gasteiger partial charge in [0, 0.05) is 6.42 Å². The molecule has 2 aromatic rings. The van der Waals surface area contributed by atoms with E-state index in [2.05, 4.69) is 31.2 Å². The van der Waals surface area contributed by atoms with Gasteiger partial charge in [0.2, 0.25) is 0 Å². The normalized spacial score (nSPS) is 11.9. The first kappa shape index (κ1) is 15.3. The fourth-order valence-corrected chi connectivity index (χ4v) is 2.28. The number of aryl methyl sites for hydroxylation is 1. The number of ether oxygens (including phenoxy) is 1. The standard InChI is InChI=1S/C19H22O2/c1-16(21-19-9-5-2-6-10-19)18-13-11-17(12-14-18)8-4-3-7-15-20/h2,5-6,9-16H,3-4,7-8H2,1H3. The molecular formula is C19H22O2. The minimum Gasteiger partial charge on any atom is -0.486 e. The SMILES string of the molecule is CC(Oc1ccccc1)c1ccc(CCCCC=O)cc1. The maximum atomic E-state index is 10.3. The highest BCUT2D eigenvalue weighted by atomic mass is 16.5. The summed E-state index contributed by atoms with van der Waals surface area (Å²) in [7, 11) is 0. The molecule has 2 rings (SSSR count). The average Bonchev–Trinajstić information content (AvgIpc) is 2.53. The first-order valence-electron chi connectivity index (χ1n) is 7.54. The van der Waals surface area contributed by atoms with Gasteiger partial charge in [0.25, 0.3) is 0 Å². The lowest BCUT2D eigenvalue weighted by molar-refractivity contribution is -0.107. The van der Waals surface area contributed by atoms with Crippen LogP contribution in [0.15, 0.2) is 54.6 Å². The van der Waals surface area contributed by atoms with E-state index in [-0.39, 0.29) is 6.10 Å². The average molecular weight is 282 g/mol. The number of benzene rings is 2. The van der Waals surface area contributed by atoms with E-state index in [9.17, 15) is 4.79 Å². The van der Waals surface area contributed by atoms with Crippen LogP contribution in [-0.2, 0) is 11.2 Å². The molecule has 0 aliphatic carbocycles. The minimum absolute atomic E-state index is 0.0384. The Morgan fingerprint density at radius 2 is 1.71 bits per heavy atom. The van der Waals surface area contributed by atoms with Crippen molar-refractivity contribution >= 4 is 6.29 Å². The van der Waals surface area contributed by atoms with Gasteiger partial charge >= 0.3 is 0 Å². The molecule has 2 nitrogen and oxygen atoms in total. The molecule has 0 amide bonds. The molecule has 0 spiro atoms. The van der Waals surface area contributed by atoms with Crippen LogP contribution >= 0.6 is 0 Å². The van der Waals surface area contributed by atoms with Crippen molar-refractivity contribution in [3.8, 4) is 5.75 Å². The lowest BCUT2D eigenvalue weighted by atomic mass is 10.0. The topological polar surface area (TPSA) is 26.3 Å². The summed E-state index contributed by atoms with van der Waals surface area (Å²) in [4.78, 5) is 10.3. The summed E-state index contributed by atoms with van der Waals surface area (Å²) in [5, 5.41) is 0. The number of hydrogen-bond acceptors (Lipinski definition) is 2. The van der Waals surface area contributed by atoms with Crippen LogP contribution in [0.1, 0.15) is 43.4 Å². The second-order valence-corrected chi connectivity index (χ2v) is 5.23. The third-order valence-electron chi connectivity index (χ3n) is 3.54. The zero-order valence-electron chi connectivity index (χ0n) is 12.5. The van der Waals surface area contributed by atoms with E-state index in [0.717, 1.165) is 31.3 Å². The Bertz CT molecular complexity index is 531. The molecule has 0 N–H and O–H groups in total. The molecule has 1 unspecified atom stereocenters. The highest BCUT2D eigenvalue weighted by Gasteiger charge is 2.06. The second kappa shape index (κ2) is 8.25. The van der Waals surface area contributed by atoms with Crippen molar-refractivity contribution in [2.45, 2.75) is 38.7 Å². The molecule has 0 radical (unpaired) electrons. The first-order valence-corrected chi connectivity index (χ1v) is 7.54. The van der Waals surface area contributed by atoms with Crippen LogP contribution in [0.3, 0.4) is 0 Å². The van der Waals surface area contributed by atoms with Gasteiger partial charge in [0.1, 0.15) is 18.1 Å². The van der Waals surface area contributed by atoms with Crippen molar-refractivity contribution in [3.63, 3.8) is 0 Å². The number of unbranched alkanes of at least 4 members (excludes halogenated alkanes) is 2. The number of para-hydroxylation sites is 1. The Balaban J connectivity index is 1.87. The van der Waals surface area contributed by atoms with Gasteiger partial charge in [-0.1, -0.05) is 42.5 Å². The molecule has 0 saturated carbocycles. The molecule has 0 fully saturated rings. The Morgan fingerprint density at radius 3 is 2.38 bits per heavy atom. The number of rotatable bonds is 8. The van der Waals surface area contributed by atoms with Crippen molar-refractivity contribution in [1.29, 1.82) is 0 Å². The zero-order valence-corrected chi connectivity index (χ0v) is 12.5. The molecule has 21 heavy (non-hydrogen) atoms. The van der Waals surface area contributed by atoms with Gasteiger partial charge in [-0.2, -0.15) is 0 Å². The van der Waals surface area contributed by atoms with Gasteiger partial charge in [0.05, 0.1) is 0 Å². The van der Waals surface area contributed by atoms with Crippen molar-refractivity contribution in [2.75, 3.05) is 0 Å². The van der Waals surface area contributed by atoms with Crippen LogP contribution in [0.25, 0.3) is 0 Å². The van der Waals surface area contributed by atoms with Crippen molar-refractivity contribution in [3.05, 3.63) is 65.7 Å². The molecule has 2 heteroatoms. The highest BCUT2D eigenvalue weighted by Crippen LogP contribution is 2.21. The van der Waals surface area contributed by atoms with Crippen molar-refractivity contribution in [1.82, 2.24) is 0 Å². The molecular weight excluding hydrogens is 260 g/mol. The van der Waals surface area contributed by atoms with Crippen LogP contribution in [0, 0.1) is 0 Å². The summed E-state index contributed by atoms with van der Waals surface area (Å²) in [6.07, 6.45) is 4.76. The van der Waals surface area contributed by atoms with Gasteiger partial charge in [-0.15, -0.1) is 0 Å². The van der Waals surface area contributed by atoms with Crippen LogP contribution in [0.5, 0.6) is 5.75 Å². The van der Waals surface area contributed by atoms with E-state index < -0.39 is 0 Å². The van der Waals surface area contributed by atoms with Gasteiger partial charge in [-0.3, -0.25) is 0 Å². The summed E-state index contributed by atoms with van der Waals surface area (Å²) < 4.78 is 5.91. The van der Waals surface area contributed by atoms with Gasteiger partial charge in [0.15, 0.2) is 0 Å². The predicted molar refractivity (Wildman–Crippen MR) is 85.5 cm³/mol. The summed E-state index contributed by atoms with van der Waals surface area (Å²) in [6.45, 7) is 2.06. The highest BCUT2D eigenvalue weighted by molar-refractivity contribution is 5.48. The Labute approximate surface area is 126 Å². The summed E-state index contributed by atoms with van der Waals surface area (Å²) in [6, 6.07) is 18.4. The largest absolute Gasteiger partial charge is 0.486 e. The number of carbonyl (C=O) groups is 1. The van der Waals surface area contributed by atoms with Gasteiger partial charge < -0.3 is 9.53 Å². The molecule has 2 aromatic carbocycles. The van der Waals surface area contributed by atoms with E-state index >= 15 is 0 Å². The predicted octanol–water partition coefficient (Wildman–Crippen LogP) is 4.74. The molecule has 0 heterocycles. The van der Waals surface area contributed by atoms with Crippen molar-refractivity contribution < 1.29 is 9.53 Å². The first-order chi connectivity index (χ1) is 10.3. The summed E-state index contributed by atoms with van der Waals surface area (Å²) in [5.41, 5.74) is 2.49. The maximum absolute atomic E-state index is 10.3. The van der Waals surface area contributed by atoms with E-state index in [1.807, 2.05) is 30.3 Å². The fraction of sp³-hybridized carbons (Fsp3) is 0.316. The monoisotopic (exact) mass is 282 g/mol. The number of hydrogen-bond donors (Lipinski definition) is 0. The third kappa shape index (κ3) is 5.07. The second-order valence-electron chi connectivity index (χ2n) is 5.23. The summed E-state index contributed by atoms with van der Waals surface area (Å²) >= 11 is 0. The zero-order chi connectivity index (χ0) is 14.9. The van der Waals surface area contributed by atoms with Gasteiger partial charge in [-0.05, 0) is 49.4 Å². The molecule has 110 valence electrons. The lowest BCUT2D eigenvalue weighted by Gasteiger charge is -2.15. The quantitative estimate of drug-likeness (QED) is 0.516. The van der Waals surface area contributed by atoms with Crippen molar-refractivity contribution in [2.24, 2.45) is 0 Å². The number of carbonyl (C=O) groups excluding carboxylic acids is 1. The smallest absolute Gasteiger partial charge is 0.121 e. The van der Waals surface area contributed by atoms with Crippen LogP contribution in [0.4, 0.5) is 0 Å².